The number of likely N-dealkylation sites (tertiary alicyclic amines) is 1. The minimum Gasteiger partial charge on any atom is -0.353 e. The van der Waals surface area contributed by atoms with Crippen LogP contribution in [0.4, 0.5) is 0 Å². The molecule has 1 aliphatic heterocycles. The molecule has 0 spiro atoms. The normalized spacial score (nSPS) is 20.7. The van der Waals surface area contributed by atoms with E-state index in [2.05, 4.69) is 20.5 Å². The van der Waals surface area contributed by atoms with Crippen LogP contribution in [0, 0.1) is 5.92 Å². The van der Waals surface area contributed by atoms with Gasteiger partial charge in [0, 0.05) is 37.1 Å². The molecular weight excluding hydrogens is 354 g/mol. The standard InChI is InChI=1S/C21H27N5O2/c27-20(23-17-8-2-1-3-9-17)16-7-5-11-26(14-16)21(28)19-12-18(24-25-19)15-6-4-10-22-13-15/h4,6,10,12-13,16-17H,1-3,5,7-9,11,14H2,(H,23,27)(H,24,25)/t16-/m1/s1. The summed E-state index contributed by atoms with van der Waals surface area (Å²) in [7, 11) is 0. The maximum Gasteiger partial charge on any atom is 0.271 e. The number of aromatic amines is 1. The van der Waals surface area contributed by atoms with Crippen molar-refractivity contribution in [1.82, 2.24) is 25.4 Å². The highest BCUT2D eigenvalue weighted by Crippen LogP contribution is 2.22. The molecule has 1 saturated heterocycles. The molecule has 2 N–H and O–H groups in total. The molecule has 4 rings (SSSR count). The Bertz CT molecular complexity index is 813. The molecule has 1 aliphatic carbocycles. The van der Waals surface area contributed by atoms with Crippen molar-refractivity contribution >= 4 is 11.8 Å². The molecule has 7 heteroatoms. The molecule has 2 aliphatic rings. The summed E-state index contributed by atoms with van der Waals surface area (Å²) in [5.41, 5.74) is 2.01. The van der Waals surface area contributed by atoms with E-state index in [1.165, 1.54) is 19.3 Å². The van der Waals surface area contributed by atoms with Gasteiger partial charge in [-0.2, -0.15) is 5.10 Å². The van der Waals surface area contributed by atoms with Gasteiger partial charge in [-0.05, 0) is 43.9 Å². The fourth-order valence-corrected chi connectivity index (χ4v) is 4.21. The number of nitrogens with zero attached hydrogens (tertiary/aromatic N) is 3. The first kappa shape index (κ1) is 18.7. The van der Waals surface area contributed by atoms with E-state index in [0.29, 0.717) is 30.5 Å². The lowest BCUT2D eigenvalue weighted by atomic mass is 9.93. The second-order valence-corrected chi connectivity index (χ2v) is 7.84. The van der Waals surface area contributed by atoms with Gasteiger partial charge in [0.25, 0.3) is 5.91 Å². The lowest BCUT2D eigenvalue weighted by Crippen LogP contribution is -2.48. The summed E-state index contributed by atoms with van der Waals surface area (Å²) in [5, 5.41) is 10.3. The van der Waals surface area contributed by atoms with Gasteiger partial charge in [-0.25, -0.2) is 0 Å². The van der Waals surface area contributed by atoms with Crippen LogP contribution in [0.2, 0.25) is 0 Å². The number of pyridine rings is 1. The molecule has 148 valence electrons. The maximum atomic E-state index is 12.9. The van der Waals surface area contributed by atoms with Crippen LogP contribution < -0.4 is 5.32 Å². The third-order valence-corrected chi connectivity index (χ3v) is 5.80. The van der Waals surface area contributed by atoms with E-state index in [4.69, 9.17) is 0 Å². The Kier molecular flexibility index (Phi) is 5.69. The minimum atomic E-state index is -0.125. The van der Waals surface area contributed by atoms with Gasteiger partial charge >= 0.3 is 0 Å². The Morgan fingerprint density at radius 1 is 1.14 bits per heavy atom. The summed E-state index contributed by atoms with van der Waals surface area (Å²) < 4.78 is 0. The number of amides is 2. The van der Waals surface area contributed by atoms with Gasteiger partial charge in [-0.15, -0.1) is 0 Å². The number of hydrogen-bond acceptors (Lipinski definition) is 4. The van der Waals surface area contributed by atoms with E-state index < -0.39 is 0 Å². The molecule has 0 unspecified atom stereocenters. The van der Waals surface area contributed by atoms with Crippen molar-refractivity contribution in [2.45, 2.75) is 51.0 Å². The van der Waals surface area contributed by atoms with Crippen molar-refractivity contribution in [1.29, 1.82) is 0 Å². The molecule has 0 radical (unpaired) electrons. The van der Waals surface area contributed by atoms with E-state index in [0.717, 1.165) is 31.2 Å². The summed E-state index contributed by atoms with van der Waals surface area (Å²) in [5.74, 6) is -0.122. The summed E-state index contributed by atoms with van der Waals surface area (Å²) >= 11 is 0. The van der Waals surface area contributed by atoms with E-state index in [1.807, 2.05) is 12.1 Å². The summed E-state index contributed by atoms with van der Waals surface area (Å²) in [6.07, 6.45) is 10.9. The molecule has 2 aromatic rings. The molecule has 28 heavy (non-hydrogen) atoms. The van der Waals surface area contributed by atoms with E-state index in [-0.39, 0.29) is 17.7 Å². The summed E-state index contributed by atoms with van der Waals surface area (Å²) in [6.45, 7) is 1.14. The molecule has 7 nitrogen and oxygen atoms in total. The first-order valence-corrected chi connectivity index (χ1v) is 10.3. The molecule has 2 amide bonds. The number of carbonyl (C=O) groups is 2. The third-order valence-electron chi connectivity index (χ3n) is 5.80. The predicted octanol–water partition coefficient (Wildman–Crippen LogP) is 2.77. The average Bonchev–Trinajstić information content (AvgIpc) is 3.25. The lowest BCUT2D eigenvalue weighted by molar-refractivity contribution is -0.127. The zero-order valence-electron chi connectivity index (χ0n) is 16.1. The van der Waals surface area contributed by atoms with Crippen LogP contribution >= 0.6 is 0 Å². The number of piperidine rings is 1. The van der Waals surface area contributed by atoms with Crippen molar-refractivity contribution in [2.24, 2.45) is 5.92 Å². The van der Waals surface area contributed by atoms with Gasteiger partial charge in [0.15, 0.2) is 0 Å². The van der Waals surface area contributed by atoms with E-state index in [9.17, 15) is 9.59 Å². The van der Waals surface area contributed by atoms with Crippen LogP contribution in [0.1, 0.15) is 55.4 Å². The van der Waals surface area contributed by atoms with Gasteiger partial charge in [-0.1, -0.05) is 19.3 Å². The highest BCUT2D eigenvalue weighted by Gasteiger charge is 2.30. The maximum absolute atomic E-state index is 12.9. The van der Waals surface area contributed by atoms with Gasteiger partial charge in [-0.3, -0.25) is 19.7 Å². The monoisotopic (exact) mass is 381 g/mol. The molecule has 0 aromatic carbocycles. The second kappa shape index (κ2) is 8.54. The van der Waals surface area contributed by atoms with Gasteiger partial charge in [0.2, 0.25) is 5.91 Å². The van der Waals surface area contributed by atoms with E-state index in [1.54, 1.807) is 23.4 Å². The first-order valence-electron chi connectivity index (χ1n) is 10.3. The van der Waals surface area contributed by atoms with Crippen LogP contribution in [0.15, 0.2) is 30.6 Å². The molecule has 2 fully saturated rings. The lowest BCUT2D eigenvalue weighted by Gasteiger charge is -2.33. The molecule has 1 atom stereocenters. The average molecular weight is 381 g/mol. The van der Waals surface area contributed by atoms with Gasteiger partial charge in [0.1, 0.15) is 5.69 Å². The SMILES string of the molecule is O=C(NC1CCCCC1)[C@@H]1CCCN(C(=O)c2cc(-c3cccnc3)n[nH]2)C1. The molecule has 0 bridgehead atoms. The number of carbonyl (C=O) groups excluding carboxylic acids is 2. The Balaban J connectivity index is 1.38. The zero-order valence-corrected chi connectivity index (χ0v) is 16.1. The number of aromatic nitrogens is 3. The first-order chi connectivity index (χ1) is 13.7. The number of nitrogens with one attached hydrogen (secondary N) is 2. The fourth-order valence-electron chi connectivity index (χ4n) is 4.21. The van der Waals surface area contributed by atoms with Gasteiger partial charge in [0.05, 0.1) is 11.6 Å². The van der Waals surface area contributed by atoms with Crippen LogP contribution in [0.25, 0.3) is 11.3 Å². The quantitative estimate of drug-likeness (QED) is 0.852. The van der Waals surface area contributed by atoms with Crippen LogP contribution in [0.5, 0.6) is 0 Å². The predicted molar refractivity (Wildman–Crippen MR) is 105 cm³/mol. The Labute approximate surface area is 164 Å². The molecular formula is C21H27N5O2. The second-order valence-electron chi connectivity index (χ2n) is 7.84. The van der Waals surface area contributed by atoms with Crippen molar-refractivity contribution in [3.63, 3.8) is 0 Å². The Hall–Kier alpha value is -2.70. The van der Waals surface area contributed by atoms with Crippen LogP contribution in [-0.2, 0) is 4.79 Å². The number of hydrogen-bond donors (Lipinski definition) is 2. The Morgan fingerprint density at radius 2 is 2.00 bits per heavy atom. The highest BCUT2D eigenvalue weighted by molar-refractivity contribution is 5.94. The topological polar surface area (TPSA) is 91.0 Å². The fraction of sp³-hybridized carbons (Fsp3) is 0.524. The summed E-state index contributed by atoms with van der Waals surface area (Å²) in [6, 6.07) is 5.81. The van der Waals surface area contributed by atoms with Crippen LogP contribution in [-0.4, -0.2) is 51.0 Å². The molecule has 1 saturated carbocycles. The van der Waals surface area contributed by atoms with Crippen molar-refractivity contribution in [3.05, 3.63) is 36.3 Å². The van der Waals surface area contributed by atoms with Gasteiger partial charge < -0.3 is 10.2 Å². The number of rotatable bonds is 4. The van der Waals surface area contributed by atoms with Crippen molar-refractivity contribution < 1.29 is 9.59 Å². The minimum absolute atomic E-state index is 0.0993. The smallest absolute Gasteiger partial charge is 0.271 e. The largest absolute Gasteiger partial charge is 0.353 e. The van der Waals surface area contributed by atoms with Crippen molar-refractivity contribution in [2.75, 3.05) is 13.1 Å². The van der Waals surface area contributed by atoms with Crippen LogP contribution in [0.3, 0.4) is 0 Å². The molecule has 2 aromatic heterocycles. The summed E-state index contributed by atoms with van der Waals surface area (Å²) in [4.78, 5) is 31.5. The zero-order chi connectivity index (χ0) is 19.3. The Morgan fingerprint density at radius 3 is 2.79 bits per heavy atom. The molecule has 3 heterocycles. The van der Waals surface area contributed by atoms with Crippen molar-refractivity contribution in [3.8, 4) is 11.3 Å². The number of H-pyrrole nitrogens is 1. The van der Waals surface area contributed by atoms with E-state index >= 15 is 0 Å². The third kappa shape index (κ3) is 4.24. The highest BCUT2D eigenvalue weighted by atomic mass is 16.2.